The van der Waals surface area contributed by atoms with E-state index in [1.54, 1.807) is 12.1 Å². The molecule has 0 saturated carbocycles. The Labute approximate surface area is 166 Å². The molecule has 142 valence electrons. The highest BCUT2D eigenvalue weighted by Crippen LogP contribution is 2.35. The van der Waals surface area contributed by atoms with Crippen LogP contribution in [-0.2, 0) is 4.79 Å². The molecule has 4 nitrogen and oxygen atoms in total. The first kappa shape index (κ1) is 19.2. The molecular weight excluding hydrogens is 348 g/mol. The zero-order chi connectivity index (χ0) is 19.9. The van der Waals surface area contributed by atoms with Gasteiger partial charge in [0, 0.05) is 42.4 Å². The molecule has 3 aromatic rings. The lowest BCUT2D eigenvalue weighted by Gasteiger charge is -2.26. The van der Waals surface area contributed by atoms with E-state index in [-0.39, 0.29) is 0 Å². The fourth-order valence-corrected chi connectivity index (χ4v) is 2.88. The summed E-state index contributed by atoms with van der Waals surface area (Å²) in [7, 11) is 2.08. The first-order valence-electron chi connectivity index (χ1n) is 9.23. The summed E-state index contributed by atoms with van der Waals surface area (Å²) in [5.74, 6) is 0.0184. The molecule has 0 bridgehead atoms. The van der Waals surface area contributed by atoms with Gasteiger partial charge in [-0.05, 0) is 67.6 Å². The van der Waals surface area contributed by atoms with Crippen molar-refractivity contribution < 1.29 is 9.53 Å². The third-order valence-corrected chi connectivity index (χ3v) is 4.52. The first-order chi connectivity index (χ1) is 13.6. The van der Waals surface area contributed by atoms with Crippen LogP contribution in [0.3, 0.4) is 0 Å². The molecule has 0 fully saturated rings. The number of hydrogen-bond donors (Lipinski definition) is 0. The number of esters is 1. The van der Waals surface area contributed by atoms with E-state index in [1.807, 2.05) is 30.3 Å². The highest BCUT2D eigenvalue weighted by atomic mass is 16.5. The van der Waals surface area contributed by atoms with Crippen molar-refractivity contribution in [1.82, 2.24) is 0 Å². The van der Waals surface area contributed by atoms with Crippen LogP contribution in [0.2, 0.25) is 0 Å². The average molecular weight is 372 g/mol. The quantitative estimate of drug-likeness (QED) is 0.302. The van der Waals surface area contributed by atoms with Crippen molar-refractivity contribution in [3.63, 3.8) is 0 Å². The first-order valence-corrected chi connectivity index (χ1v) is 9.23. The Kier molecular flexibility index (Phi) is 6.12. The van der Waals surface area contributed by atoms with E-state index in [1.165, 1.54) is 5.69 Å². The highest BCUT2D eigenvalue weighted by Gasteiger charge is 2.13. The summed E-state index contributed by atoms with van der Waals surface area (Å²) in [5.41, 5.74) is 4.25. The Morgan fingerprint density at radius 2 is 1.36 bits per heavy atom. The van der Waals surface area contributed by atoms with Crippen LogP contribution in [-0.4, -0.2) is 19.6 Å². The predicted molar refractivity (Wildman–Crippen MR) is 116 cm³/mol. The molecule has 3 aromatic carbocycles. The number of nitrogens with zero attached hydrogens (tertiary/aromatic N) is 2. The zero-order valence-electron chi connectivity index (χ0n) is 16.2. The Bertz CT molecular complexity index is 919. The van der Waals surface area contributed by atoms with Gasteiger partial charge in [-0.2, -0.15) is 0 Å². The number of carbonyl (C=O) groups excluding carboxylic acids is 1. The largest absolute Gasteiger partial charge is 0.423 e. The van der Waals surface area contributed by atoms with E-state index in [2.05, 4.69) is 66.7 Å². The molecule has 0 radical (unpaired) electrons. The van der Waals surface area contributed by atoms with Crippen LogP contribution in [0, 0.1) is 0 Å². The van der Waals surface area contributed by atoms with Gasteiger partial charge in [0.1, 0.15) is 5.75 Å². The molecule has 3 rings (SSSR count). The molecule has 0 aliphatic heterocycles. The van der Waals surface area contributed by atoms with Crippen molar-refractivity contribution in [2.45, 2.75) is 6.92 Å². The van der Waals surface area contributed by atoms with Gasteiger partial charge < -0.3 is 14.5 Å². The summed E-state index contributed by atoms with van der Waals surface area (Å²) in [6.07, 6.45) is 1.15. The van der Waals surface area contributed by atoms with Crippen LogP contribution >= 0.6 is 0 Å². The monoisotopic (exact) mass is 372 g/mol. The zero-order valence-corrected chi connectivity index (χ0v) is 16.2. The number of ether oxygens (including phenoxy) is 1. The highest BCUT2D eigenvalue weighted by molar-refractivity contribution is 5.83. The van der Waals surface area contributed by atoms with Crippen molar-refractivity contribution in [2.75, 3.05) is 23.4 Å². The van der Waals surface area contributed by atoms with Crippen LogP contribution in [0.5, 0.6) is 5.75 Å². The fourth-order valence-electron chi connectivity index (χ4n) is 2.88. The number of rotatable bonds is 7. The third kappa shape index (κ3) is 4.41. The summed E-state index contributed by atoms with van der Waals surface area (Å²) in [5, 5.41) is 0. The summed E-state index contributed by atoms with van der Waals surface area (Å²) in [6, 6.07) is 26.1. The second-order valence-corrected chi connectivity index (χ2v) is 6.32. The summed E-state index contributed by atoms with van der Waals surface area (Å²) >= 11 is 0. The lowest BCUT2D eigenvalue weighted by Crippen LogP contribution is -2.16. The molecule has 0 unspecified atom stereocenters. The predicted octanol–water partition coefficient (Wildman–Crippen LogP) is 5.70. The van der Waals surface area contributed by atoms with E-state index in [0.717, 1.165) is 29.7 Å². The van der Waals surface area contributed by atoms with Gasteiger partial charge in [-0.1, -0.05) is 24.8 Å². The Morgan fingerprint density at radius 1 is 0.857 bits per heavy atom. The standard InChI is InChI=1S/C24H24N2O2/c1-4-24(27)28-23-17-15-22(16-18-23)26(20-9-7-6-8-10-20)21-13-11-19(12-14-21)25(3)5-2/h4,6-18H,1,5H2,2-3H3. The fraction of sp³-hybridized carbons (Fsp3) is 0.125. The maximum absolute atomic E-state index is 11.4. The van der Waals surface area contributed by atoms with Gasteiger partial charge in [0.25, 0.3) is 0 Å². The van der Waals surface area contributed by atoms with Crippen molar-refractivity contribution in [3.05, 3.63) is 91.5 Å². The molecule has 0 N–H and O–H groups in total. The van der Waals surface area contributed by atoms with Crippen LogP contribution < -0.4 is 14.5 Å². The SMILES string of the molecule is C=CC(=O)Oc1ccc(N(c2ccccc2)c2ccc(N(C)CC)cc2)cc1. The van der Waals surface area contributed by atoms with Gasteiger partial charge in [-0.15, -0.1) is 0 Å². The maximum atomic E-state index is 11.4. The van der Waals surface area contributed by atoms with Crippen LogP contribution in [0.15, 0.2) is 91.5 Å². The van der Waals surface area contributed by atoms with E-state index < -0.39 is 5.97 Å². The molecule has 0 amide bonds. The van der Waals surface area contributed by atoms with Crippen molar-refractivity contribution >= 4 is 28.7 Å². The molecule has 0 saturated heterocycles. The van der Waals surface area contributed by atoms with Gasteiger partial charge >= 0.3 is 5.97 Å². The lowest BCUT2D eigenvalue weighted by molar-refractivity contribution is -0.128. The number of benzene rings is 3. The van der Waals surface area contributed by atoms with Gasteiger partial charge in [-0.3, -0.25) is 0 Å². The number of para-hydroxylation sites is 1. The molecule has 4 heteroatoms. The van der Waals surface area contributed by atoms with E-state index in [4.69, 9.17) is 4.74 Å². The minimum atomic E-state index is -0.469. The van der Waals surface area contributed by atoms with Crippen molar-refractivity contribution in [3.8, 4) is 5.75 Å². The summed E-state index contributed by atoms with van der Waals surface area (Å²) in [4.78, 5) is 15.8. The van der Waals surface area contributed by atoms with Gasteiger partial charge in [0.15, 0.2) is 0 Å². The van der Waals surface area contributed by atoms with Gasteiger partial charge in [0.05, 0.1) is 0 Å². The van der Waals surface area contributed by atoms with Gasteiger partial charge in [0.2, 0.25) is 0 Å². The van der Waals surface area contributed by atoms with Gasteiger partial charge in [-0.25, -0.2) is 4.79 Å². The minimum absolute atomic E-state index is 0.469. The topological polar surface area (TPSA) is 32.8 Å². The number of hydrogen-bond acceptors (Lipinski definition) is 4. The van der Waals surface area contributed by atoms with Crippen molar-refractivity contribution in [2.24, 2.45) is 0 Å². The van der Waals surface area contributed by atoms with E-state index in [9.17, 15) is 4.79 Å². The molecule has 0 spiro atoms. The van der Waals surface area contributed by atoms with Crippen LogP contribution in [0.25, 0.3) is 0 Å². The second kappa shape index (κ2) is 8.91. The molecule has 0 atom stereocenters. The lowest BCUT2D eigenvalue weighted by atomic mass is 10.1. The summed E-state index contributed by atoms with van der Waals surface area (Å²) in [6.45, 7) is 6.50. The minimum Gasteiger partial charge on any atom is -0.423 e. The Morgan fingerprint density at radius 3 is 1.89 bits per heavy atom. The Balaban J connectivity index is 1.96. The average Bonchev–Trinajstić information content (AvgIpc) is 2.75. The maximum Gasteiger partial charge on any atom is 0.335 e. The Hall–Kier alpha value is -3.53. The molecule has 0 heterocycles. The molecule has 0 aromatic heterocycles. The van der Waals surface area contributed by atoms with E-state index in [0.29, 0.717) is 5.75 Å². The molecular formula is C24H24N2O2. The molecule has 0 aliphatic rings. The smallest absolute Gasteiger partial charge is 0.335 e. The third-order valence-electron chi connectivity index (χ3n) is 4.52. The second-order valence-electron chi connectivity index (χ2n) is 6.32. The normalized spacial score (nSPS) is 10.2. The van der Waals surface area contributed by atoms with E-state index >= 15 is 0 Å². The molecule has 0 aliphatic carbocycles. The van der Waals surface area contributed by atoms with Crippen LogP contribution in [0.1, 0.15) is 6.92 Å². The van der Waals surface area contributed by atoms with Crippen LogP contribution in [0.4, 0.5) is 22.7 Å². The number of carbonyl (C=O) groups is 1. The summed E-state index contributed by atoms with van der Waals surface area (Å²) < 4.78 is 5.18. The van der Waals surface area contributed by atoms with Crippen molar-refractivity contribution in [1.29, 1.82) is 0 Å². The molecule has 28 heavy (non-hydrogen) atoms. The number of anilines is 4.